The summed E-state index contributed by atoms with van der Waals surface area (Å²) < 4.78 is 11.1. The van der Waals surface area contributed by atoms with Gasteiger partial charge in [-0.1, -0.05) is 0 Å². The average molecular weight is 277 g/mol. The van der Waals surface area contributed by atoms with E-state index in [9.17, 15) is 4.79 Å². The zero-order chi connectivity index (χ0) is 13.9. The molecule has 0 bridgehead atoms. The first-order chi connectivity index (χ1) is 9.75. The molecule has 0 saturated carbocycles. The van der Waals surface area contributed by atoms with Crippen molar-refractivity contribution in [3.8, 4) is 0 Å². The highest BCUT2D eigenvalue weighted by atomic mass is 16.7. The van der Waals surface area contributed by atoms with Crippen molar-refractivity contribution in [3.63, 3.8) is 0 Å². The molecule has 0 spiro atoms. The van der Waals surface area contributed by atoms with Gasteiger partial charge >= 0.3 is 0 Å². The van der Waals surface area contributed by atoms with Crippen molar-refractivity contribution in [2.75, 3.05) is 31.2 Å². The molecule has 2 fully saturated rings. The van der Waals surface area contributed by atoms with Gasteiger partial charge in [-0.2, -0.15) is 0 Å². The van der Waals surface area contributed by atoms with E-state index in [-0.39, 0.29) is 6.29 Å². The van der Waals surface area contributed by atoms with Crippen molar-refractivity contribution >= 4 is 11.6 Å². The van der Waals surface area contributed by atoms with Crippen LogP contribution in [0.3, 0.4) is 0 Å². The quantitative estimate of drug-likeness (QED) is 0.883. The number of hydrogen-bond donors (Lipinski definition) is 1. The summed E-state index contributed by atoms with van der Waals surface area (Å²) in [5.74, 6) is 0.00491. The number of nitrogens with two attached hydrogens (primary N) is 1. The zero-order valence-corrected chi connectivity index (χ0v) is 11.3. The molecule has 108 valence electrons. The van der Waals surface area contributed by atoms with Gasteiger partial charge in [-0.15, -0.1) is 0 Å². The van der Waals surface area contributed by atoms with Crippen molar-refractivity contribution in [1.29, 1.82) is 0 Å². The number of anilines is 1. The van der Waals surface area contributed by atoms with E-state index in [4.69, 9.17) is 15.2 Å². The van der Waals surface area contributed by atoms with E-state index in [0.29, 0.717) is 24.7 Å². The molecule has 2 aliphatic rings. The minimum Gasteiger partial charge on any atom is -0.371 e. The van der Waals surface area contributed by atoms with Crippen LogP contribution in [0.4, 0.5) is 5.69 Å². The summed E-state index contributed by atoms with van der Waals surface area (Å²) in [5, 5.41) is 0. The topological polar surface area (TPSA) is 77.7 Å². The molecule has 20 heavy (non-hydrogen) atoms. The molecule has 2 saturated heterocycles. The first kappa shape index (κ1) is 13.3. The first-order valence-electron chi connectivity index (χ1n) is 6.97. The molecule has 6 heteroatoms. The SMILES string of the molecule is NC(=O)c1cnccc1N1CCC(C2OCCO2)CC1. The number of rotatable bonds is 3. The molecule has 1 aromatic rings. The Kier molecular flexibility index (Phi) is 3.84. The number of carbonyl (C=O) groups excluding carboxylic acids is 1. The Labute approximate surface area is 117 Å². The van der Waals surface area contributed by atoms with E-state index in [2.05, 4.69) is 9.88 Å². The standard InChI is InChI=1S/C14H19N3O3/c15-13(18)11-9-16-4-1-12(11)17-5-2-10(3-6-17)14-19-7-8-20-14/h1,4,9-10,14H,2-3,5-8H2,(H2,15,18). The van der Waals surface area contributed by atoms with Crippen molar-refractivity contribution in [2.45, 2.75) is 19.1 Å². The third-order valence-electron chi connectivity index (χ3n) is 3.98. The fourth-order valence-corrected chi connectivity index (χ4v) is 2.91. The lowest BCUT2D eigenvalue weighted by molar-refractivity contribution is -0.0889. The molecule has 0 aromatic carbocycles. The molecule has 0 aliphatic carbocycles. The Bertz CT molecular complexity index is 480. The molecule has 1 aromatic heterocycles. The third kappa shape index (κ3) is 2.62. The summed E-state index contributed by atoms with van der Waals surface area (Å²) in [6.45, 7) is 3.14. The predicted molar refractivity (Wildman–Crippen MR) is 73.4 cm³/mol. The van der Waals surface area contributed by atoms with Gasteiger partial charge in [0.15, 0.2) is 6.29 Å². The second kappa shape index (κ2) is 5.76. The summed E-state index contributed by atoms with van der Waals surface area (Å²) in [4.78, 5) is 17.6. The average Bonchev–Trinajstić information content (AvgIpc) is 3.02. The van der Waals surface area contributed by atoms with Gasteiger partial charge in [0, 0.05) is 31.4 Å². The van der Waals surface area contributed by atoms with Crippen LogP contribution < -0.4 is 10.6 Å². The molecular weight excluding hydrogens is 258 g/mol. The number of hydrogen-bond acceptors (Lipinski definition) is 5. The van der Waals surface area contributed by atoms with Gasteiger partial charge < -0.3 is 20.1 Å². The molecule has 3 rings (SSSR count). The van der Waals surface area contributed by atoms with Crippen LogP contribution >= 0.6 is 0 Å². The molecule has 0 radical (unpaired) electrons. The maximum absolute atomic E-state index is 11.5. The molecule has 2 N–H and O–H groups in total. The van der Waals surface area contributed by atoms with Crippen molar-refractivity contribution in [2.24, 2.45) is 11.7 Å². The Morgan fingerprint density at radius 1 is 1.30 bits per heavy atom. The van der Waals surface area contributed by atoms with E-state index in [1.165, 1.54) is 6.20 Å². The number of ether oxygens (including phenoxy) is 2. The molecule has 6 nitrogen and oxygen atoms in total. The second-order valence-corrected chi connectivity index (χ2v) is 5.19. The second-order valence-electron chi connectivity index (χ2n) is 5.19. The van der Waals surface area contributed by atoms with E-state index >= 15 is 0 Å². The number of primary amides is 1. The van der Waals surface area contributed by atoms with Crippen molar-refractivity contribution < 1.29 is 14.3 Å². The lowest BCUT2D eigenvalue weighted by Crippen LogP contribution is -2.39. The highest BCUT2D eigenvalue weighted by molar-refractivity contribution is 5.98. The normalized spacial score (nSPS) is 21.3. The smallest absolute Gasteiger partial charge is 0.252 e. The summed E-state index contributed by atoms with van der Waals surface area (Å²) >= 11 is 0. The van der Waals surface area contributed by atoms with Gasteiger partial charge in [-0.3, -0.25) is 9.78 Å². The van der Waals surface area contributed by atoms with Crippen LogP contribution in [-0.4, -0.2) is 43.5 Å². The summed E-state index contributed by atoms with van der Waals surface area (Å²) in [7, 11) is 0. The number of carbonyl (C=O) groups is 1. The Morgan fingerprint density at radius 3 is 2.65 bits per heavy atom. The minimum absolute atomic E-state index is 0.0507. The minimum atomic E-state index is -0.433. The number of nitrogens with zero attached hydrogens (tertiary/aromatic N) is 2. The Hall–Kier alpha value is -1.66. The number of aromatic nitrogens is 1. The van der Waals surface area contributed by atoms with Crippen LogP contribution in [0.2, 0.25) is 0 Å². The molecule has 3 heterocycles. The molecule has 1 amide bonds. The van der Waals surface area contributed by atoms with E-state index < -0.39 is 5.91 Å². The zero-order valence-electron chi connectivity index (χ0n) is 11.3. The lowest BCUT2D eigenvalue weighted by Gasteiger charge is -2.35. The summed E-state index contributed by atoms with van der Waals surface area (Å²) in [6, 6.07) is 1.85. The maximum atomic E-state index is 11.5. The van der Waals surface area contributed by atoms with E-state index in [1.807, 2.05) is 6.07 Å². The Balaban J connectivity index is 1.67. The van der Waals surface area contributed by atoms with Gasteiger partial charge in [0.2, 0.25) is 0 Å². The fourth-order valence-electron chi connectivity index (χ4n) is 2.91. The highest BCUT2D eigenvalue weighted by Gasteiger charge is 2.31. The van der Waals surface area contributed by atoms with Crippen molar-refractivity contribution in [1.82, 2.24) is 4.98 Å². The van der Waals surface area contributed by atoms with Gasteiger partial charge in [-0.25, -0.2) is 0 Å². The molecular formula is C14H19N3O3. The first-order valence-corrected chi connectivity index (χ1v) is 6.97. The van der Waals surface area contributed by atoms with Gasteiger partial charge in [-0.05, 0) is 18.9 Å². The molecule has 2 aliphatic heterocycles. The van der Waals surface area contributed by atoms with E-state index in [0.717, 1.165) is 31.6 Å². The highest BCUT2D eigenvalue weighted by Crippen LogP contribution is 2.29. The monoisotopic (exact) mass is 277 g/mol. The van der Waals surface area contributed by atoms with Crippen LogP contribution in [0.25, 0.3) is 0 Å². The molecule has 0 unspecified atom stereocenters. The summed E-state index contributed by atoms with van der Waals surface area (Å²) in [5.41, 5.74) is 6.76. The fraction of sp³-hybridized carbons (Fsp3) is 0.571. The summed E-state index contributed by atoms with van der Waals surface area (Å²) in [6.07, 6.45) is 5.16. The molecule has 0 atom stereocenters. The number of amides is 1. The van der Waals surface area contributed by atoms with Gasteiger partial charge in [0.25, 0.3) is 5.91 Å². The van der Waals surface area contributed by atoms with Crippen LogP contribution in [-0.2, 0) is 9.47 Å². The van der Waals surface area contributed by atoms with Crippen LogP contribution in [0.5, 0.6) is 0 Å². The van der Waals surface area contributed by atoms with Gasteiger partial charge in [0.1, 0.15) is 0 Å². The van der Waals surface area contributed by atoms with Crippen molar-refractivity contribution in [3.05, 3.63) is 24.0 Å². The third-order valence-corrected chi connectivity index (χ3v) is 3.98. The number of pyridine rings is 1. The van der Waals surface area contributed by atoms with Gasteiger partial charge in [0.05, 0.1) is 24.5 Å². The Morgan fingerprint density at radius 2 is 2.00 bits per heavy atom. The van der Waals surface area contributed by atoms with E-state index in [1.54, 1.807) is 6.20 Å². The van der Waals surface area contributed by atoms with Crippen LogP contribution in [0.1, 0.15) is 23.2 Å². The maximum Gasteiger partial charge on any atom is 0.252 e. The lowest BCUT2D eigenvalue weighted by atomic mass is 9.95. The van der Waals surface area contributed by atoms with Crippen LogP contribution in [0, 0.1) is 5.92 Å². The van der Waals surface area contributed by atoms with Crippen LogP contribution in [0.15, 0.2) is 18.5 Å². The number of piperidine rings is 1. The largest absolute Gasteiger partial charge is 0.371 e. The predicted octanol–water partition coefficient (Wildman–Crippen LogP) is 0.770.